The molecule has 2 rings (SSSR count). The van der Waals surface area contributed by atoms with Crippen LogP contribution in [0.1, 0.15) is 136 Å². The molecule has 5 N–H and O–H groups in total. The van der Waals surface area contributed by atoms with Crippen LogP contribution in [-0.4, -0.2) is 56.8 Å². The third-order valence-corrected chi connectivity index (χ3v) is 8.26. The Balaban J connectivity index is 1.62. The average Bonchev–Trinajstić information content (AvgIpc) is 3.44. The number of fused-ring (bicyclic) bond motifs is 1. The van der Waals surface area contributed by atoms with Crippen molar-refractivity contribution in [1.82, 2.24) is 19.5 Å². The Morgan fingerprint density at radius 2 is 1.37 bits per heavy atom. The Hall–Kier alpha value is -2.99. The van der Waals surface area contributed by atoms with Gasteiger partial charge in [-0.2, -0.15) is 4.98 Å². The van der Waals surface area contributed by atoms with Crippen LogP contribution in [0, 0.1) is 5.92 Å². The molecule has 2 aromatic rings. The van der Waals surface area contributed by atoms with E-state index in [0.29, 0.717) is 6.42 Å². The van der Waals surface area contributed by atoms with Crippen LogP contribution in [0.4, 0.5) is 5.95 Å². The summed E-state index contributed by atoms with van der Waals surface area (Å²) >= 11 is 0. The van der Waals surface area contributed by atoms with E-state index < -0.39 is 23.7 Å². The van der Waals surface area contributed by atoms with Crippen LogP contribution in [0.5, 0.6) is 0 Å². The van der Waals surface area contributed by atoms with Crippen LogP contribution >= 0.6 is 0 Å². The topological polar surface area (TPSA) is 177 Å². The minimum absolute atomic E-state index is 0.0503. The molecule has 0 aliphatic rings. The third kappa shape index (κ3) is 16.0. The second-order valence-corrected chi connectivity index (χ2v) is 12.7. The number of nitrogens with one attached hydrogen (secondary N) is 1. The zero-order valence-corrected chi connectivity index (χ0v) is 28.6. The molecule has 2 atom stereocenters. The number of hydrogen-bond acceptors (Lipinski definition) is 10. The molecule has 12 heteroatoms. The van der Waals surface area contributed by atoms with E-state index in [0.717, 1.165) is 19.3 Å². The Labute approximate surface area is 274 Å². The molecule has 0 fully saturated rings. The van der Waals surface area contributed by atoms with E-state index in [2.05, 4.69) is 21.9 Å². The van der Waals surface area contributed by atoms with Gasteiger partial charge in [-0.3, -0.25) is 23.9 Å². The van der Waals surface area contributed by atoms with Crippen LogP contribution in [-0.2, 0) is 30.5 Å². The Morgan fingerprint density at radius 1 is 0.848 bits per heavy atom. The van der Waals surface area contributed by atoms with E-state index in [-0.39, 0.29) is 48.9 Å². The van der Waals surface area contributed by atoms with Gasteiger partial charge in [-0.15, -0.1) is 0 Å². The molecular formula is C34H60N6O6. The van der Waals surface area contributed by atoms with Gasteiger partial charge in [0.1, 0.15) is 32.1 Å². The zero-order valence-electron chi connectivity index (χ0n) is 28.6. The second kappa shape index (κ2) is 23.3. The molecule has 0 amide bonds. The maximum atomic E-state index is 12.4. The Morgan fingerprint density at radius 3 is 1.91 bits per heavy atom. The number of imidazole rings is 1. The molecule has 0 aromatic carbocycles. The number of hydrogen-bond donors (Lipinski definition) is 3. The first-order valence-electron chi connectivity index (χ1n) is 17.6. The molecule has 0 spiro atoms. The predicted molar refractivity (Wildman–Crippen MR) is 181 cm³/mol. The Bertz CT molecular complexity index is 1180. The van der Waals surface area contributed by atoms with E-state index in [9.17, 15) is 14.4 Å². The van der Waals surface area contributed by atoms with E-state index in [1.807, 2.05) is 13.8 Å². The maximum absolute atomic E-state index is 12.4. The van der Waals surface area contributed by atoms with Crippen LogP contribution in [0.25, 0.3) is 11.2 Å². The van der Waals surface area contributed by atoms with Gasteiger partial charge in [0, 0.05) is 6.42 Å². The van der Waals surface area contributed by atoms with Gasteiger partial charge in [-0.05, 0) is 12.3 Å². The number of nitrogens with two attached hydrogens (primary N) is 2. The van der Waals surface area contributed by atoms with Gasteiger partial charge in [0.25, 0.3) is 5.56 Å². The smallest absolute Gasteiger partial charge is 0.323 e. The quantitative estimate of drug-likeness (QED) is 0.0751. The fraction of sp³-hybridized carbons (Fsp3) is 0.794. The van der Waals surface area contributed by atoms with Crippen LogP contribution in [0.2, 0.25) is 0 Å². The number of aromatic nitrogens is 4. The number of carbonyl (C=O) groups excluding carboxylic acids is 2. The second-order valence-electron chi connectivity index (χ2n) is 12.7. The minimum atomic E-state index is -0.778. The zero-order chi connectivity index (χ0) is 33.6. The van der Waals surface area contributed by atoms with Crippen LogP contribution in [0.3, 0.4) is 0 Å². The molecule has 0 saturated carbocycles. The lowest BCUT2D eigenvalue weighted by Crippen LogP contribution is -2.39. The van der Waals surface area contributed by atoms with Gasteiger partial charge < -0.3 is 25.7 Å². The summed E-state index contributed by atoms with van der Waals surface area (Å²) < 4.78 is 18.2. The lowest BCUT2D eigenvalue weighted by Gasteiger charge is -2.20. The van der Waals surface area contributed by atoms with E-state index in [4.69, 9.17) is 25.7 Å². The SMILES string of the molecule is CCCCCCCCCCCCCCCCCCCC(=O)OCC(COC(=O)[C@@H](N)C(C)C)OCn1cnc2c(=O)[nH]c(N)nc21. The molecule has 46 heavy (non-hydrogen) atoms. The molecule has 0 aliphatic heterocycles. The summed E-state index contributed by atoms with van der Waals surface area (Å²) in [5, 5.41) is 0. The molecule has 0 aliphatic carbocycles. The summed E-state index contributed by atoms with van der Waals surface area (Å²) in [6.45, 7) is 5.57. The summed E-state index contributed by atoms with van der Waals surface area (Å²) in [7, 11) is 0. The molecule has 0 radical (unpaired) electrons. The molecule has 0 saturated heterocycles. The van der Waals surface area contributed by atoms with Gasteiger partial charge in [0.05, 0.1) is 6.33 Å². The predicted octanol–water partition coefficient (Wildman–Crippen LogP) is 6.16. The van der Waals surface area contributed by atoms with Crippen molar-refractivity contribution in [3.8, 4) is 0 Å². The van der Waals surface area contributed by atoms with E-state index in [1.54, 1.807) is 0 Å². The lowest BCUT2D eigenvalue weighted by molar-refractivity contribution is -0.158. The number of carbonyl (C=O) groups is 2. The monoisotopic (exact) mass is 648 g/mol. The van der Waals surface area contributed by atoms with Crippen molar-refractivity contribution in [2.24, 2.45) is 11.7 Å². The van der Waals surface area contributed by atoms with Gasteiger partial charge in [-0.1, -0.05) is 124 Å². The number of esters is 2. The van der Waals surface area contributed by atoms with Crippen molar-refractivity contribution in [2.75, 3.05) is 18.9 Å². The highest BCUT2D eigenvalue weighted by Gasteiger charge is 2.22. The summed E-state index contributed by atoms with van der Waals surface area (Å²) in [5.74, 6) is -1.03. The first-order chi connectivity index (χ1) is 22.2. The molecule has 1 unspecified atom stereocenters. The van der Waals surface area contributed by atoms with Crippen LogP contribution < -0.4 is 17.0 Å². The number of rotatable bonds is 27. The first kappa shape index (κ1) is 39.2. The normalized spacial score (nSPS) is 12.9. The number of aromatic amines is 1. The van der Waals surface area contributed by atoms with Crippen molar-refractivity contribution in [2.45, 2.75) is 155 Å². The van der Waals surface area contributed by atoms with Crippen molar-refractivity contribution >= 4 is 29.1 Å². The fourth-order valence-corrected chi connectivity index (χ4v) is 5.19. The van der Waals surface area contributed by atoms with Gasteiger partial charge in [-0.25, -0.2) is 4.98 Å². The number of nitrogens with zero attached hydrogens (tertiary/aromatic N) is 3. The minimum Gasteiger partial charge on any atom is -0.463 e. The third-order valence-electron chi connectivity index (χ3n) is 8.26. The maximum Gasteiger partial charge on any atom is 0.323 e. The summed E-state index contributed by atoms with van der Waals surface area (Å²) in [6.07, 6.45) is 22.7. The average molecular weight is 649 g/mol. The van der Waals surface area contributed by atoms with Crippen molar-refractivity contribution in [3.05, 3.63) is 16.7 Å². The number of nitrogen functional groups attached to an aromatic ring is 1. The Kier molecular flexibility index (Phi) is 19.9. The highest BCUT2D eigenvalue weighted by molar-refractivity contribution is 5.75. The fourth-order valence-electron chi connectivity index (χ4n) is 5.19. The molecule has 2 heterocycles. The molecular weight excluding hydrogens is 588 g/mol. The van der Waals surface area contributed by atoms with E-state index in [1.165, 1.54) is 101 Å². The first-order valence-corrected chi connectivity index (χ1v) is 17.6. The van der Waals surface area contributed by atoms with Crippen molar-refractivity contribution < 1.29 is 23.8 Å². The van der Waals surface area contributed by atoms with Crippen LogP contribution in [0.15, 0.2) is 11.1 Å². The largest absolute Gasteiger partial charge is 0.463 e. The summed E-state index contributed by atoms with van der Waals surface area (Å²) in [5.41, 5.74) is 11.5. The molecule has 12 nitrogen and oxygen atoms in total. The van der Waals surface area contributed by atoms with Crippen molar-refractivity contribution in [3.63, 3.8) is 0 Å². The highest BCUT2D eigenvalue weighted by Crippen LogP contribution is 2.15. The van der Waals surface area contributed by atoms with Gasteiger partial charge in [0.2, 0.25) is 5.95 Å². The summed E-state index contributed by atoms with van der Waals surface area (Å²) in [6, 6.07) is -0.778. The number of unbranched alkanes of at least 4 members (excludes halogenated alkanes) is 16. The molecule has 2 aromatic heterocycles. The van der Waals surface area contributed by atoms with E-state index >= 15 is 0 Å². The number of anilines is 1. The summed E-state index contributed by atoms with van der Waals surface area (Å²) in [4.78, 5) is 47.4. The van der Waals surface area contributed by atoms with Gasteiger partial charge >= 0.3 is 11.9 Å². The standard InChI is InChI=1S/C34H60N6O6/c1-4-5-6-7-8-9-10-11-12-13-14-15-16-17-18-19-20-21-28(41)44-22-27(23-45-33(43)29(35)26(2)3)46-25-40-24-37-30-31(40)38-34(36)39-32(30)42/h24,26-27,29H,4-23,25,35H2,1-3H3,(H3,36,38,39,42)/t27?,29-/m0/s1. The molecule has 0 bridgehead atoms. The number of ether oxygens (including phenoxy) is 3. The molecule has 262 valence electrons. The van der Waals surface area contributed by atoms with Gasteiger partial charge in [0.15, 0.2) is 11.2 Å². The van der Waals surface area contributed by atoms with Crippen molar-refractivity contribution in [1.29, 1.82) is 0 Å². The number of H-pyrrole nitrogens is 1. The lowest BCUT2D eigenvalue weighted by atomic mass is 10.0. The highest BCUT2D eigenvalue weighted by atomic mass is 16.6.